The summed E-state index contributed by atoms with van der Waals surface area (Å²) in [6.45, 7) is 1.47. The molecule has 0 radical (unpaired) electrons. The average Bonchev–Trinajstić information content (AvgIpc) is 2.35. The number of carbonyl (C=O) groups is 1. The average molecular weight is 394 g/mol. The van der Waals surface area contributed by atoms with Gasteiger partial charge in [-0.05, 0) is 50.4 Å². The number of nitrogens with one attached hydrogen (secondary N) is 3. The summed E-state index contributed by atoms with van der Waals surface area (Å²) in [6.07, 6.45) is 0.946. The molecule has 0 unspecified atom stereocenters. The standard InChI is InChI=1S/C11H11Br2FN4O/c12-7-4-6(14)5-8(13)9(7)17-11(19)18-10-15-2-1-3-16-10/h4-5H,1-3H2,(H3,15,16,17,18,19). The van der Waals surface area contributed by atoms with Crippen molar-refractivity contribution in [1.82, 2.24) is 10.6 Å². The van der Waals surface area contributed by atoms with Crippen LogP contribution in [0.5, 0.6) is 0 Å². The Kier molecular flexibility index (Phi) is 4.76. The quantitative estimate of drug-likeness (QED) is 0.686. The van der Waals surface area contributed by atoms with Crippen molar-refractivity contribution in [3.8, 4) is 0 Å². The van der Waals surface area contributed by atoms with Gasteiger partial charge in [-0.15, -0.1) is 0 Å². The van der Waals surface area contributed by atoms with Crippen LogP contribution in [0.15, 0.2) is 26.1 Å². The molecule has 0 aliphatic carbocycles. The summed E-state index contributed by atoms with van der Waals surface area (Å²) in [5.41, 5.74) is 0.454. The normalized spacial score (nSPS) is 14.4. The van der Waals surface area contributed by atoms with Gasteiger partial charge < -0.3 is 10.6 Å². The van der Waals surface area contributed by atoms with E-state index in [0.29, 0.717) is 27.1 Å². The van der Waals surface area contributed by atoms with E-state index >= 15 is 0 Å². The molecule has 0 fully saturated rings. The highest BCUT2D eigenvalue weighted by Gasteiger charge is 2.13. The second-order valence-electron chi connectivity index (χ2n) is 3.83. The minimum atomic E-state index is -0.443. The fourth-order valence-corrected chi connectivity index (χ4v) is 2.86. The molecule has 1 aliphatic rings. The fourth-order valence-electron chi connectivity index (χ4n) is 1.53. The van der Waals surface area contributed by atoms with Crippen LogP contribution in [-0.4, -0.2) is 25.1 Å². The van der Waals surface area contributed by atoms with E-state index in [1.807, 2.05) is 0 Å². The van der Waals surface area contributed by atoms with E-state index in [9.17, 15) is 9.18 Å². The van der Waals surface area contributed by atoms with Gasteiger partial charge in [0.05, 0.1) is 5.69 Å². The Hall–Kier alpha value is -1.15. The van der Waals surface area contributed by atoms with Crippen LogP contribution in [0.1, 0.15) is 6.42 Å². The van der Waals surface area contributed by atoms with Crippen molar-refractivity contribution in [3.05, 3.63) is 26.9 Å². The van der Waals surface area contributed by atoms with Crippen molar-refractivity contribution in [2.24, 2.45) is 4.99 Å². The Morgan fingerprint density at radius 3 is 2.58 bits per heavy atom. The highest BCUT2D eigenvalue weighted by molar-refractivity contribution is 9.11. The van der Waals surface area contributed by atoms with E-state index in [4.69, 9.17) is 0 Å². The predicted molar refractivity (Wildman–Crippen MR) is 78.9 cm³/mol. The molecule has 1 aliphatic heterocycles. The van der Waals surface area contributed by atoms with Crippen molar-refractivity contribution >= 4 is 49.5 Å². The first-order chi connectivity index (χ1) is 9.06. The third-order valence-electron chi connectivity index (χ3n) is 2.37. The Morgan fingerprint density at radius 2 is 2.00 bits per heavy atom. The number of hydrogen-bond donors (Lipinski definition) is 3. The van der Waals surface area contributed by atoms with Crippen molar-refractivity contribution in [1.29, 1.82) is 0 Å². The smallest absolute Gasteiger partial charge is 0.326 e. The van der Waals surface area contributed by atoms with Gasteiger partial charge in [-0.25, -0.2) is 9.18 Å². The summed E-state index contributed by atoms with van der Waals surface area (Å²) in [7, 11) is 0. The van der Waals surface area contributed by atoms with Gasteiger partial charge in [0.1, 0.15) is 5.82 Å². The molecule has 1 aromatic rings. The minimum Gasteiger partial charge on any atom is -0.356 e. The zero-order chi connectivity index (χ0) is 13.8. The second kappa shape index (κ2) is 6.33. The molecule has 1 heterocycles. The van der Waals surface area contributed by atoms with Gasteiger partial charge in [0.2, 0.25) is 0 Å². The number of urea groups is 1. The molecule has 2 amide bonds. The lowest BCUT2D eigenvalue weighted by Crippen LogP contribution is -2.45. The molecule has 0 atom stereocenters. The zero-order valence-corrected chi connectivity index (χ0v) is 12.9. The van der Waals surface area contributed by atoms with Crippen molar-refractivity contribution in [3.63, 3.8) is 0 Å². The van der Waals surface area contributed by atoms with Crippen molar-refractivity contribution < 1.29 is 9.18 Å². The number of anilines is 1. The van der Waals surface area contributed by atoms with Gasteiger partial charge in [-0.1, -0.05) is 0 Å². The molecule has 0 bridgehead atoms. The summed E-state index contributed by atoms with van der Waals surface area (Å²) >= 11 is 6.39. The molecule has 5 nitrogen and oxygen atoms in total. The number of guanidine groups is 1. The first kappa shape index (κ1) is 14.3. The molecule has 1 aromatic carbocycles. The number of nitrogens with zero attached hydrogens (tertiary/aromatic N) is 1. The van der Waals surface area contributed by atoms with E-state index in [1.165, 1.54) is 12.1 Å². The maximum atomic E-state index is 13.1. The van der Waals surface area contributed by atoms with Crippen molar-refractivity contribution in [2.45, 2.75) is 6.42 Å². The minimum absolute atomic E-state index is 0.400. The Morgan fingerprint density at radius 1 is 1.32 bits per heavy atom. The Balaban J connectivity index is 2.04. The van der Waals surface area contributed by atoms with E-state index in [0.717, 1.165) is 13.0 Å². The van der Waals surface area contributed by atoms with E-state index in [1.54, 1.807) is 0 Å². The topological polar surface area (TPSA) is 65.5 Å². The molecule has 102 valence electrons. The van der Waals surface area contributed by atoms with E-state index in [-0.39, 0.29) is 0 Å². The third kappa shape index (κ3) is 3.90. The van der Waals surface area contributed by atoms with Crippen LogP contribution < -0.4 is 16.0 Å². The fraction of sp³-hybridized carbons (Fsp3) is 0.273. The maximum absolute atomic E-state index is 13.1. The van der Waals surface area contributed by atoms with Crippen LogP contribution in [0.3, 0.4) is 0 Å². The van der Waals surface area contributed by atoms with Crippen LogP contribution in [-0.2, 0) is 0 Å². The van der Waals surface area contributed by atoms with Crippen LogP contribution in [0, 0.1) is 5.82 Å². The molecule has 2 rings (SSSR count). The first-order valence-electron chi connectivity index (χ1n) is 5.57. The lowest BCUT2D eigenvalue weighted by Gasteiger charge is -2.16. The van der Waals surface area contributed by atoms with Crippen molar-refractivity contribution in [2.75, 3.05) is 18.4 Å². The van der Waals surface area contributed by atoms with Crippen LogP contribution in [0.25, 0.3) is 0 Å². The highest BCUT2D eigenvalue weighted by Crippen LogP contribution is 2.31. The molecule has 0 spiro atoms. The number of halogens is 3. The largest absolute Gasteiger partial charge is 0.356 e. The number of benzene rings is 1. The summed E-state index contributed by atoms with van der Waals surface area (Å²) < 4.78 is 14.0. The van der Waals surface area contributed by atoms with Crippen LogP contribution in [0.2, 0.25) is 0 Å². The lowest BCUT2D eigenvalue weighted by atomic mass is 10.3. The lowest BCUT2D eigenvalue weighted by molar-refractivity contribution is 0.255. The third-order valence-corrected chi connectivity index (χ3v) is 3.63. The summed E-state index contributed by atoms with van der Waals surface area (Å²) in [6, 6.07) is 2.11. The Labute approximate surface area is 126 Å². The molecular formula is C11H11Br2FN4O. The molecule has 0 saturated heterocycles. The van der Waals surface area contributed by atoms with Gasteiger partial charge in [0, 0.05) is 22.0 Å². The van der Waals surface area contributed by atoms with Crippen LogP contribution >= 0.6 is 31.9 Å². The van der Waals surface area contributed by atoms with Gasteiger partial charge >= 0.3 is 6.03 Å². The molecular weight excluding hydrogens is 383 g/mol. The number of aliphatic imine (C=N–C) groups is 1. The summed E-state index contributed by atoms with van der Waals surface area (Å²) in [4.78, 5) is 15.9. The summed E-state index contributed by atoms with van der Waals surface area (Å²) in [5, 5.41) is 8.18. The number of rotatable bonds is 1. The first-order valence-corrected chi connectivity index (χ1v) is 7.16. The monoisotopic (exact) mass is 392 g/mol. The molecule has 19 heavy (non-hydrogen) atoms. The zero-order valence-electron chi connectivity index (χ0n) is 9.77. The van der Waals surface area contributed by atoms with E-state index < -0.39 is 11.8 Å². The maximum Gasteiger partial charge on any atom is 0.326 e. The number of amides is 2. The molecule has 0 aromatic heterocycles. The highest BCUT2D eigenvalue weighted by atomic mass is 79.9. The molecule has 8 heteroatoms. The van der Waals surface area contributed by atoms with Gasteiger partial charge in [0.15, 0.2) is 5.96 Å². The van der Waals surface area contributed by atoms with Gasteiger partial charge in [0.25, 0.3) is 0 Å². The Bertz CT molecular complexity index is 512. The van der Waals surface area contributed by atoms with E-state index in [2.05, 4.69) is 52.8 Å². The molecule has 3 N–H and O–H groups in total. The number of carbonyl (C=O) groups excluding carboxylic acids is 1. The van der Waals surface area contributed by atoms with Crippen LogP contribution in [0.4, 0.5) is 14.9 Å². The number of hydrogen-bond acceptors (Lipinski definition) is 3. The second-order valence-corrected chi connectivity index (χ2v) is 5.54. The summed E-state index contributed by atoms with van der Waals surface area (Å²) in [5.74, 6) is 0.0427. The molecule has 0 saturated carbocycles. The predicted octanol–water partition coefficient (Wildman–Crippen LogP) is 2.82. The van der Waals surface area contributed by atoms with Gasteiger partial charge in [-0.3, -0.25) is 10.3 Å². The van der Waals surface area contributed by atoms with Gasteiger partial charge in [-0.2, -0.15) is 0 Å². The SMILES string of the molecule is O=C(NC1=NCCCN1)Nc1c(Br)cc(F)cc1Br.